The van der Waals surface area contributed by atoms with Crippen LogP contribution in [0.5, 0.6) is 5.75 Å². The second kappa shape index (κ2) is 17.9. The lowest BCUT2D eigenvalue weighted by Crippen LogP contribution is -2.27. The normalized spacial score (nSPS) is 10.8. The van der Waals surface area contributed by atoms with E-state index in [0.717, 1.165) is 16.5 Å². The summed E-state index contributed by atoms with van der Waals surface area (Å²) >= 11 is 0. The lowest BCUT2D eigenvalue weighted by molar-refractivity contribution is 0.0519. The van der Waals surface area contributed by atoms with E-state index < -0.39 is 0 Å². The molecule has 0 aliphatic rings. The first-order valence-corrected chi connectivity index (χ1v) is 16.7. The largest absolute Gasteiger partial charge is 0.508 e. The van der Waals surface area contributed by atoms with Gasteiger partial charge in [0.25, 0.3) is 11.8 Å². The van der Waals surface area contributed by atoms with Crippen molar-refractivity contribution in [1.29, 1.82) is 0 Å². The van der Waals surface area contributed by atoms with Gasteiger partial charge in [-0.2, -0.15) is 15.0 Å². The molecule has 0 radical (unpaired) electrons. The first-order valence-electron chi connectivity index (χ1n) is 16.7. The standard InChI is InChI=1S/C38H39N9O5/c48-32-13-11-31(12-14-32)44-38-46-36(41-19-21-52-23-22-51-20-18-40-34(49)27-4-2-1-3-5-27)45-37(47-38)43-30-9-7-28(8-10-30)35(50)42-25-26-6-15-33-29(24-26)16-17-39-33/h1-17,24,39,48H,18-23,25H2,(H,40,49)(H,42,50)(H3,41,43,44,45,46,47). The molecule has 6 aromatic rings. The number of hydrogen-bond acceptors (Lipinski definition) is 11. The highest BCUT2D eigenvalue weighted by molar-refractivity contribution is 5.95. The Labute approximate surface area is 300 Å². The van der Waals surface area contributed by atoms with Crippen LogP contribution in [0.3, 0.4) is 0 Å². The molecule has 0 spiro atoms. The summed E-state index contributed by atoms with van der Waals surface area (Å²) in [5.41, 5.74) is 4.53. The number of carbonyl (C=O) groups excluding carboxylic acids is 2. The summed E-state index contributed by atoms with van der Waals surface area (Å²) in [4.78, 5) is 41.6. The average molecular weight is 702 g/mol. The van der Waals surface area contributed by atoms with Crippen molar-refractivity contribution in [3.05, 3.63) is 126 Å². The summed E-state index contributed by atoms with van der Waals surface area (Å²) in [6.45, 7) is 2.73. The number of benzene rings is 4. The van der Waals surface area contributed by atoms with E-state index in [9.17, 15) is 14.7 Å². The Morgan fingerprint density at radius 1 is 0.635 bits per heavy atom. The van der Waals surface area contributed by atoms with Crippen LogP contribution >= 0.6 is 0 Å². The molecule has 4 aromatic carbocycles. The van der Waals surface area contributed by atoms with Crippen LogP contribution in [0, 0.1) is 0 Å². The number of amides is 2. The van der Waals surface area contributed by atoms with Gasteiger partial charge in [0, 0.05) is 53.8 Å². The predicted molar refractivity (Wildman–Crippen MR) is 199 cm³/mol. The van der Waals surface area contributed by atoms with Crippen molar-refractivity contribution in [2.75, 3.05) is 55.5 Å². The minimum absolute atomic E-state index is 0.138. The molecule has 14 nitrogen and oxygen atoms in total. The highest BCUT2D eigenvalue weighted by Crippen LogP contribution is 2.21. The Balaban J connectivity index is 0.974. The number of hydrogen-bond donors (Lipinski definition) is 7. The van der Waals surface area contributed by atoms with Crippen molar-refractivity contribution in [1.82, 2.24) is 30.6 Å². The van der Waals surface area contributed by atoms with Gasteiger partial charge in [-0.1, -0.05) is 24.3 Å². The van der Waals surface area contributed by atoms with Gasteiger partial charge in [0.1, 0.15) is 5.75 Å². The lowest BCUT2D eigenvalue weighted by atomic mass is 10.1. The number of H-pyrrole nitrogens is 1. The molecule has 14 heteroatoms. The number of anilines is 5. The van der Waals surface area contributed by atoms with Crippen LogP contribution in [-0.2, 0) is 16.0 Å². The van der Waals surface area contributed by atoms with Crippen LogP contribution < -0.4 is 26.6 Å². The molecule has 266 valence electrons. The third-order valence-electron chi connectivity index (χ3n) is 7.70. The number of nitrogens with zero attached hydrogens (tertiary/aromatic N) is 3. The molecule has 0 saturated heterocycles. The van der Waals surface area contributed by atoms with Crippen molar-refractivity contribution >= 4 is 51.9 Å². The van der Waals surface area contributed by atoms with E-state index in [1.165, 1.54) is 0 Å². The zero-order chi connectivity index (χ0) is 36.0. The summed E-state index contributed by atoms with van der Waals surface area (Å²) in [5, 5.41) is 26.0. The molecular formula is C38H39N9O5. The van der Waals surface area contributed by atoms with Crippen molar-refractivity contribution in [3.8, 4) is 5.75 Å². The maximum atomic E-state index is 12.8. The Bertz CT molecular complexity index is 2060. The molecule has 2 amide bonds. The summed E-state index contributed by atoms with van der Waals surface area (Å²) in [5.74, 6) is 0.663. The smallest absolute Gasteiger partial charge is 0.251 e. The molecular weight excluding hydrogens is 662 g/mol. The fourth-order valence-corrected chi connectivity index (χ4v) is 5.06. The number of carbonyl (C=O) groups is 2. The van der Waals surface area contributed by atoms with E-state index >= 15 is 0 Å². The monoisotopic (exact) mass is 701 g/mol. The van der Waals surface area contributed by atoms with Crippen molar-refractivity contribution < 1.29 is 24.2 Å². The molecule has 7 N–H and O–H groups in total. The van der Waals surface area contributed by atoms with Gasteiger partial charge in [0.2, 0.25) is 17.8 Å². The molecule has 0 aliphatic heterocycles. The molecule has 0 bridgehead atoms. The predicted octanol–water partition coefficient (Wildman–Crippen LogP) is 5.35. The van der Waals surface area contributed by atoms with E-state index in [1.807, 2.05) is 48.7 Å². The van der Waals surface area contributed by atoms with Gasteiger partial charge >= 0.3 is 0 Å². The van der Waals surface area contributed by atoms with E-state index in [1.54, 1.807) is 60.7 Å². The number of nitrogens with one attached hydrogen (secondary N) is 6. The number of fused-ring (bicyclic) bond motifs is 1. The zero-order valence-corrected chi connectivity index (χ0v) is 28.3. The molecule has 6 rings (SSSR count). The molecule has 2 heterocycles. The van der Waals surface area contributed by atoms with Gasteiger partial charge in [-0.15, -0.1) is 0 Å². The quantitative estimate of drug-likeness (QED) is 0.0452. The summed E-state index contributed by atoms with van der Waals surface area (Å²) < 4.78 is 11.2. The maximum absolute atomic E-state index is 12.8. The lowest BCUT2D eigenvalue weighted by Gasteiger charge is -2.12. The van der Waals surface area contributed by atoms with Crippen LogP contribution in [0.4, 0.5) is 29.2 Å². The van der Waals surface area contributed by atoms with Gasteiger partial charge in [-0.25, -0.2) is 0 Å². The highest BCUT2D eigenvalue weighted by atomic mass is 16.5. The number of rotatable bonds is 18. The van der Waals surface area contributed by atoms with E-state index in [0.29, 0.717) is 74.5 Å². The average Bonchev–Trinajstić information content (AvgIpc) is 3.64. The maximum Gasteiger partial charge on any atom is 0.251 e. The van der Waals surface area contributed by atoms with E-state index in [4.69, 9.17) is 9.47 Å². The second-order valence-corrected chi connectivity index (χ2v) is 11.5. The van der Waals surface area contributed by atoms with Crippen LogP contribution in [-0.4, -0.2) is 76.4 Å². The number of aromatic amines is 1. The molecule has 0 atom stereocenters. The number of aromatic nitrogens is 4. The Kier molecular flexibility index (Phi) is 12.2. The van der Waals surface area contributed by atoms with Crippen LogP contribution in [0.25, 0.3) is 10.9 Å². The number of ether oxygens (including phenoxy) is 2. The van der Waals surface area contributed by atoms with Crippen molar-refractivity contribution in [2.45, 2.75) is 6.54 Å². The molecule has 0 unspecified atom stereocenters. The third-order valence-corrected chi connectivity index (χ3v) is 7.70. The molecule has 0 aliphatic carbocycles. The minimum Gasteiger partial charge on any atom is -0.508 e. The molecule has 52 heavy (non-hydrogen) atoms. The Morgan fingerprint density at radius 2 is 1.25 bits per heavy atom. The van der Waals surface area contributed by atoms with Gasteiger partial charge in [-0.3, -0.25) is 9.59 Å². The third kappa shape index (κ3) is 10.5. The van der Waals surface area contributed by atoms with Crippen LogP contribution in [0.15, 0.2) is 109 Å². The number of phenolic OH excluding ortho intramolecular Hbond substituents is 1. The fraction of sp³-hybridized carbons (Fsp3) is 0.184. The summed E-state index contributed by atoms with van der Waals surface area (Å²) in [6.07, 6.45) is 1.89. The minimum atomic E-state index is -0.186. The first-order chi connectivity index (χ1) is 25.5. The highest BCUT2D eigenvalue weighted by Gasteiger charge is 2.10. The zero-order valence-electron chi connectivity index (χ0n) is 28.3. The molecule has 0 saturated carbocycles. The van der Waals surface area contributed by atoms with Gasteiger partial charge in [0.15, 0.2) is 0 Å². The van der Waals surface area contributed by atoms with E-state index in [-0.39, 0.29) is 29.5 Å². The van der Waals surface area contributed by atoms with Crippen LogP contribution in [0.1, 0.15) is 26.3 Å². The fourth-order valence-electron chi connectivity index (χ4n) is 5.06. The Hall–Kier alpha value is -6.51. The van der Waals surface area contributed by atoms with Gasteiger partial charge < -0.3 is 46.1 Å². The summed E-state index contributed by atoms with van der Waals surface area (Å²) in [6, 6.07) is 30.6. The second-order valence-electron chi connectivity index (χ2n) is 11.5. The Morgan fingerprint density at radius 3 is 1.96 bits per heavy atom. The number of phenols is 1. The van der Waals surface area contributed by atoms with Crippen molar-refractivity contribution in [3.63, 3.8) is 0 Å². The topological polar surface area (TPSA) is 187 Å². The summed E-state index contributed by atoms with van der Waals surface area (Å²) in [7, 11) is 0. The van der Waals surface area contributed by atoms with Crippen molar-refractivity contribution in [2.24, 2.45) is 0 Å². The van der Waals surface area contributed by atoms with E-state index in [2.05, 4.69) is 46.5 Å². The molecule has 0 fully saturated rings. The SMILES string of the molecule is O=C(NCCOCCOCCNc1nc(Nc2ccc(O)cc2)nc(Nc2ccc(C(=O)NCc3ccc4[nH]ccc4c3)cc2)n1)c1ccccc1. The molecule has 2 aromatic heterocycles. The van der Waals surface area contributed by atoms with Gasteiger partial charge in [-0.05, 0) is 89.8 Å². The number of aromatic hydroxyl groups is 1. The first kappa shape index (κ1) is 35.3. The van der Waals surface area contributed by atoms with Gasteiger partial charge in [0.05, 0.1) is 26.4 Å². The van der Waals surface area contributed by atoms with Crippen LogP contribution in [0.2, 0.25) is 0 Å².